The van der Waals surface area contributed by atoms with Crippen molar-refractivity contribution in [3.63, 3.8) is 0 Å². The third-order valence-electron chi connectivity index (χ3n) is 3.95. The molecule has 25 heavy (non-hydrogen) atoms. The van der Waals surface area contributed by atoms with Crippen molar-refractivity contribution < 1.29 is 14.3 Å². The monoisotopic (exact) mass is 342 g/mol. The molecule has 5 nitrogen and oxygen atoms in total. The molecule has 2 rings (SSSR count). The maximum Gasteiger partial charge on any atom is 0.234 e. The zero-order chi connectivity index (χ0) is 18.1. The second-order valence-corrected chi connectivity index (χ2v) is 5.96. The zero-order valence-electron chi connectivity index (χ0n) is 15.1. The Morgan fingerprint density at radius 3 is 2.44 bits per heavy atom. The fourth-order valence-electron chi connectivity index (χ4n) is 2.37. The molecule has 0 fully saturated rings. The molecule has 0 heterocycles. The summed E-state index contributed by atoms with van der Waals surface area (Å²) in [4.78, 5) is 14.0. The summed E-state index contributed by atoms with van der Waals surface area (Å²) >= 11 is 0. The summed E-state index contributed by atoms with van der Waals surface area (Å²) in [6, 6.07) is 15.5. The van der Waals surface area contributed by atoms with E-state index >= 15 is 0 Å². The fraction of sp³-hybridized carbons (Fsp3) is 0.350. The Hall–Kier alpha value is -2.53. The minimum Gasteiger partial charge on any atom is -0.497 e. The predicted octanol–water partition coefficient (Wildman–Crippen LogP) is 2.63. The van der Waals surface area contributed by atoms with Gasteiger partial charge in [0.2, 0.25) is 5.91 Å². The van der Waals surface area contributed by atoms with Gasteiger partial charge in [0.1, 0.15) is 18.1 Å². The van der Waals surface area contributed by atoms with Gasteiger partial charge in [0.25, 0.3) is 0 Å². The number of nitrogens with zero attached hydrogens (tertiary/aromatic N) is 1. The largest absolute Gasteiger partial charge is 0.497 e. The highest BCUT2D eigenvalue weighted by atomic mass is 16.5. The molecule has 134 valence electrons. The van der Waals surface area contributed by atoms with Crippen molar-refractivity contribution in [3.05, 3.63) is 59.7 Å². The van der Waals surface area contributed by atoms with E-state index in [1.165, 1.54) is 5.56 Å². The summed E-state index contributed by atoms with van der Waals surface area (Å²) < 4.78 is 10.8. The van der Waals surface area contributed by atoms with Gasteiger partial charge in [0.05, 0.1) is 13.7 Å². The highest BCUT2D eigenvalue weighted by Crippen LogP contribution is 2.16. The molecule has 5 heteroatoms. The van der Waals surface area contributed by atoms with Crippen LogP contribution >= 0.6 is 0 Å². The van der Waals surface area contributed by atoms with Crippen LogP contribution in [-0.2, 0) is 11.3 Å². The normalized spacial score (nSPS) is 10.6. The van der Waals surface area contributed by atoms with Crippen LogP contribution in [-0.4, -0.2) is 44.7 Å². The summed E-state index contributed by atoms with van der Waals surface area (Å²) in [5.41, 5.74) is 2.32. The highest BCUT2D eigenvalue weighted by Gasteiger charge is 2.07. The lowest BCUT2D eigenvalue weighted by atomic mass is 10.1. The Balaban J connectivity index is 1.66. The lowest BCUT2D eigenvalue weighted by Gasteiger charge is -2.17. The van der Waals surface area contributed by atoms with Crippen LogP contribution in [0.2, 0.25) is 0 Å². The minimum absolute atomic E-state index is 0.00944. The highest BCUT2D eigenvalue weighted by molar-refractivity contribution is 5.78. The van der Waals surface area contributed by atoms with E-state index in [1.807, 2.05) is 67.4 Å². The topological polar surface area (TPSA) is 50.8 Å². The summed E-state index contributed by atoms with van der Waals surface area (Å²) in [5.74, 6) is 1.60. The van der Waals surface area contributed by atoms with Gasteiger partial charge in [0, 0.05) is 13.1 Å². The second kappa shape index (κ2) is 9.69. The second-order valence-electron chi connectivity index (χ2n) is 5.96. The van der Waals surface area contributed by atoms with E-state index in [2.05, 4.69) is 5.32 Å². The number of hydrogen-bond donors (Lipinski definition) is 1. The quantitative estimate of drug-likeness (QED) is 0.761. The molecular weight excluding hydrogens is 316 g/mol. The lowest BCUT2D eigenvalue weighted by Crippen LogP contribution is -2.36. The van der Waals surface area contributed by atoms with Crippen LogP contribution in [0.25, 0.3) is 0 Å². The molecule has 0 saturated carbocycles. The first-order valence-electron chi connectivity index (χ1n) is 8.35. The van der Waals surface area contributed by atoms with Crippen molar-refractivity contribution in [1.82, 2.24) is 10.2 Å². The molecular formula is C20H26N2O3. The molecule has 0 spiro atoms. The van der Waals surface area contributed by atoms with Crippen LogP contribution in [0.3, 0.4) is 0 Å². The predicted molar refractivity (Wildman–Crippen MR) is 99.0 cm³/mol. The average Bonchev–Trinajstić information content (AvgIpc) is 2.61. The van der Waals surface area contributed by atoms with Crippen LogP contribution in [0, 0.1) is 6.92 Å². The minimum atomic E-state index is 0.00944. The van der Waals surface area contributed by atoms with Gasteiger partial charge in [0.15, 0.2) is 0 Å². The number of nitrogens with one attached hydrogen (secondary N) is 1. The first kappa shape index (κ1) is 18.8. The van der Waals surface area contributed by atoms with E-state index in [-0.39, 0.29) is 5.91 Å². The Kier molecular flexibility index (Phi) is 7.29. The maximum absolute atomic E-state index is 12.0. The number of hydrogen-bond acceptors (Lipinski definition) is 4. The Morgan fingerprint density at radius 1 is 1.08 bits per heavy atom. The molecule has 0 unspecified atom stereocenters. The van der Waals surface area contributed by atoms with Crippen LogP contribution in [0.1, 0.15) is 11.1 Å². The van der Waals surface area contributed by atoms with E-state index in [0.29, 0.717) is 26.2 Å². The van der Waals surface area contributed by atoms with Crippen molar-refractivity contribution >= 4 is 5.91 Å². The van der Waals surface area contributed by atoms with Crippen LogP contribution in [0.5, 0.6) is 11.5 Å². The zero-order valence-corrected chi connectivity index (χ0v) is 15.1. The maximum atomic E-state index is 12.0. The number of carbonyl (C=O) groups excluding carboxylic acids is 1. The molecule has 0 aliphatic heterocycles. The van der Waals surface area contributed by atoms with Crippen LogP contribution < -0.4 is 14.8 Å². The summed E-state index contributed by atoms with van der Waals surface area (Å²) in [7, 11) is 3.54. The number of likely N-dealkylation sites (N-methyl/N-ethyl adjacent to an activating group) is 1. The van der Waals surface area contributed by atoms with Crippen LogP contribution in [0.4, 0.5) is 0 Å². The van der Waals surface area contributed by atoms with Crippen molar-refractivity contribution in [1.29, 1.82) is 0 Å². The van der Waals surface area contributed by atoms with Crippen molar-refractivity contribution in [2.75, 3.05) is 33.9 Å². The fourth-order valence-corrected chi connectivity index (χ4v) is 2.37. The number of carbonyl (C=O) groups is 1. The van der Waals surface area contributed by atoms with Gasteiger partial charge < -0.3 is 14.8 Å². The van der Waals surface area contributed by atoms with Crippen LogP contribution in [0.15, 0.2) is 48.5 Å². The van der Waals surface area contributed by atoms with E-state index < -0.39 is 0 Å². The number of amides is 1. The van der Waals surface area contributed by atoms with Crippen molar-refractivity contribution in [3.8, 4) is 11.5 Å². The molecule has 2 aromatic carbocycles. The number of aryl methyl sites for hydroxylation is 1. The molecule has 0 aliphatic rings. The summed E-state index contributed by atoms with van der Waals surface area (Å²) in [6.45, 7) is 4.14. The Bertz CT molecular complexity index is 671. The third-order valence-corrected chi connectivity index (χ3v) is 3.95. The average molecular weight is 342 g/mol. The molecule has 2 aromatic rings. The van der Waals surface area contributed by atoms with E-state index in [9.17, 15) is 4.79 Å². The first-order valence-corrected chi connectivity index (χ1v) is 8.35. The standard InChI is InChI=1S/C20H26N2O3/c1-16-6-4-5-7-17(16)14-21-20(23)15-22(2)12-13-25-19-10-8-18(24-3)9-11-19/h4-11H,12-15H2,1-3H3,(H,21,23). The smallest absolute Gasteiger partial charge is 0.234 e. The molecule has 0 atom stereocenters. The molecule has 0 radical (unpaired) electrons. The summed E-state index contributed by atoms with van der Waals surface area (Å²) in [5, 5.41) is 2.96. The molecule has 0 bridgehead atoms. The summed E-state index contributed by atoms with van der Waals surface area (Å²) in [6.07, 6.45) is 0. The van der Waals surface area contributed by atoms with Gasteiger partial charge in [-0.25, -0.2) is 0 Å². The van der Waals surface area contributed by atoms with E-state index in [4.69, 9.17) is 9.47 Å². The lowest BCUT2D eigenvalue weighted by molar-refractivity contribution is -0.122. The Morgan fingerprint density at radius 2 is 1.76 bits per heavy atom. The molecule has 0 saturated heterocycles. The van der Waals surface area contributed by atoms with Gasteiger partial charge in [-0.05, 0) is 49.4 Å². The number of rotatable bonds is 9. The Labute approximate surface area is 149 Å². The van der Waals surface area contributed by atoms with Gasteiger partial charge >= 0.3 is 0 Å². The number of methoxy groups -OCH3 is 1. The molecule has 0 aliphatic carbocycles. The van der Waals surface area contributed by atoms with Gasteiger partial charge in [-0.2, -0.15) is 0 Å². The molecule has 1 N–H and O–H groups in total. The molecule has 1 amide bonds. The van der Waals surface area contributed by atoms with Gasteiger partial charge in [-0.15, -0.1) is 0 Å². The van der Waals surface area contributed by atoms with Gasteiger partial charge in [-0.1, -0.05) is 24.3 Å². The third kappa shape index (κ3) is 6.47. The first-order chi connectivity index (χ1) is 12.1. The van der Waals surface area contributed by atoms with Gasteiger partial charge in [-0.3, -0.25) is 9.69 Å². The number of benzene rings is 2. The molecule has 0 aromatic heterocycles. The number of ether oxygens (including phenoxy) is 2. The SMILES string of the molecule is COc1ccc(OCCN(C)CC(=O)NCc2ccccc2C)cc1. The van der Waals surface area contributed by atoms with E-state index in [1.54, 1.807) is 7.11 Å². The van der Waals surface area contributed by atoms with E-state index in [0.717, 1.165) is 17.1 Å². The van der Waals surface area contributed by atoms with Crippen molar-refractivity contribution in [2.45, 2.75) is 13.5 Å². The van der Waals surface area contributed by atoms with Crippen molar-refractivity contribution in [2.24, 2.45) is 0 Å².